The molecule has 0 aliphatic carbocycles. The molecular weight excluding hydrogens is 436 g/mol. The summed E-state index contributed by atoms with van der Waals surface area (Å²) in [7, 11) is 0. The van der Waals surface area contributed by atoms with E-state index in [1.165, 1.54) is 11.8 Å². The Morgan fingerprint density at radius 3 is 2.70 bits per heavy atom. The van der Waals surface area contributed by atoms with Crippen molar-refractivity contribution in [3.8, 4) is 23.0 Å². The van der Waals surface area contributed by atoms with Gasteiger partial charge in [-0.1, -0.05) is 43.0 Å². The number of benzene rings is 1. The van der Waals surface area contributed by atoms with Gasteiger partial charge in [-0.25, -0.2) is 4.98 Å². The topological polar surface area (TPSA) is 94.8 Å². The highest BCUT2D eigenvalue weighted by Gasteiger charge is 2.17. The van der Waals surface area contributed by atoms with Crippen molar-refractivity contribution in [1.29, 1.82) is 0 Å². The van der Waals surface area contributed by atoms with E-state index in [2.05, 4.69) is 25.5 Å². The van der Waals surface area contributed by atoms with Crippen LogP contribution in [0.4, 0.5) is 0 Å². The molecular formula is C24H24N6O2S. The standard InChI is InChI=1S/C24H24N6O2S/c1-2-14-32-23-19(9-7-13-26-23)16-27-21(31)17-33-24-29-28-22(18-8-6-12-25-15-18)30(24)20-10-4-3-5-11-20/h3-13,15H,2,14,16-17H2,1H3,(H,27,31). The number of thioether (sulfide) groups is 1. The number of aromatic nitrogens is 5. The zero-order valence-corrected chi connectivity index (χ0v) is 19.0. The summed E-state index contributed by atoms with van der Waals surface area (Å²) in [6, 6.07) is 17.3. The maximum absolute atomic E-state index is 12.6. The average molecular weight is 461 g/mol. The molecule has 0 fully saturated rings. The predicted molar refractivity (Wildman–Crippen MR) is 127 cm³/mol. The molecule has 0 aliphatic rings. The average Bonchev–Trinajstić information content (AvgIpc) is 3.30. The molecule has 4 rings (SSSR count). The van der Waals surface area contributed by atoms with Crippen molar-refractivity contribution in [3.05, 3.63) is 78.8 Å². The summed E-state index contributed by atoms with van der Waals surface area (Å²) in [6.45, 7) is 2.97. The summed E-state index contributed by atoms with van der Waals surface area (Å²) in [5.74, 6) is 1.31. The molecule has 0 saturated heterocycles. The quantitative estimate of drug-likeness (QED) is 0.358. The molecule has 0 unspecified atom stereocenters. The van der Waals surface area contributed by atoms with Crippen molar-refractivity contribution >= 4 is 17.7 Å². The molecule has 0 spiro atoms. The third kappa shape index (κ3) is 5.75. The van der Waals surface area contributed by atoms with Gasteiger partial charge in [0, 0.05) is 41.9 Å². The molecule has 9 heteroatoms. The number of nitrogens with zero attached hydrogens (tertiary/aromatic N) is 5. The highest BCUT2D eigenvalue weighted by atomic mass is 32.2. The minimum absolute atomic E-state index is 0.115. The first-order valence-electron chi connectivity index (χ1n) is 10.6. The summed E-state index contributed by atoms with van der Waals surface area (Å²) in [4.78, 5) is 21.0. The monoisotopic (exact) mass is 460 g/mol. The Morgan fingerprint density at radius 1 is 1.06 bits per heavy atom. The van der Waals surface area contributed by atoms with Crippen LogP contribution in [-0.4, -0.2) is 43.0 Å². The Bertz CT molecular complexity index is 1180. The van der Waals surface area contributed by atoms with Gasteiger partial charge >= 0.3 is 0 Å². The van der Waals surface area contributed by atoms with Crippen molar-refractivity contribution < 1.29 is 9.53 Å². The second-order valence-electron chi connectivity index (χ2n) is 7.10. The number of amides is 1. The smallest absolute Gasteiger partial charge is 0.230 e. The lowest BCUT2D eigenvalue weighted by molar-refractivity contribution is -0.118. The van der Waals surface area contributed by atoms with Crippen LogP contribution in [0.1, 0.15) is 18.9 Å². The molecule has 0 bridgehead atoms. The molecule has 1 aromatic carbocycles. The third-order valence-electron chi connectivity index (χ3n) is 4.67. The van der Waals surface area contributed by atoms with Gasteiger partial charge in [0.1, 0.15) is 0 Å². The maximum atomic E-state index is 12.6. The fourth-order valence-corrected chi connectivity index (χ4v) is 3.90. The van der Waals surface area contributed by atoms with Crippen LogP contribution in [0.2, 0.25) is 0 Å². The van der Waals surface area contributed by atoms with E-state index >= 15 is 0 Å². The number of carbonyl (C=O) groups is 1. The van der Waals surface area contributed by atoms with Gasteiger partial charge < -0.3 is 10.1 Å². The van der Waals surface area contributed by atoms with Crippen molar-refractivity contribution in [2.75, 3.05) is 12.4 Å². The predicted octanol–water partition coefficient (Wildman–Crippen LogP) is 3.92. The Morgan fingerprint density at radius 2 is 1.91 bits per heavy atom. The van der Waals surface area contributed by atoms with Crippen LogP contribution in [0, 0.1) is 0 Å². The van der Waals surface area contributed by atoms with Gasteiger partial charge in [-0.3, -0.25) is 14.3 Å². The molecule has 0 aliphatic heterocycles. The zero-order chi connectivity index (χ0) is 22.9. The van der Waals surface area contributed by atoms with Crippen LogP contribution in [0.25, 0.3) is 17.1 Å². The molecule has 168 valence electrons. The number of rotatable bonds is 10. The van der Waals surface area contributed by atoms with Crippen LogP contribution < -0.4 is 10.1 Å². The van der Waals surface area contributed by atoms with E-state index in [1.807, 2.05) is 66.1 Å². The Balaban J connectivity index is 1.46. The summed E-state index contributed by atoms with van der Waals surface area (Å²) in [5.41, 5.74) is 2.61. The molecule has 3 aromatic heterocycles. The number of para-hydroxylation sites is 1. The van der Waals surface area contributed by atoms with E-state index in [-0.39, 0.29) is 11.7 Å². The lowest BCUT2D eigenvalue weighted by Crippen LogP contribution is -2.25. The number of ether oxygens (including phenoxy) is 1. The van der Waals surface area contributed by atoms with E-state index in [0.29, 0.717) is 30.0 Å². The summed E-state index contributed by atoms with van der Waals surface area (Å²) in [6.07, 6.45) is 6.04. The summed E-state index contributed by atoms with van der Waals surface area (Å²) < 4.78 is 7.60. The van der Waals surface area contributed by atoms with E-state index in [1.54, 1.807) is 18.6 Å². The van der Waals surface area contributed by atoms with Gasteiger partial charge in [0.05, 0.1) is 12.4 Å². The normalized spacial score (nSPS) is 10.7. The van der Waals surface area contributed by atoms with E-state index in [9.17, 15) is 4.79 Å². The molecule has 0 atom stereocenters. The van der Waals surface area contributed by atoms with Crippen molar-refractivity contribution in [2.24, 2.45) is 0 Å². The highest BCUT2D eigenvalue weighted by molar-refractivity contribution is 7.99. The van der Waals surface area contributed by atoms with Crippen LogP contribution in [0.15, 0.2) is 78.3 Å². The van der Waals surface area contributed by atoms with Crippen LogP contribution in [0.5, 0.6) is 5.88 Å². The Labute approximate surface area is 196 Å². The first-order chi connectivity index (χ1) is 16.3. The Kier molecular flexibility index (Phi) is 7.65. The maximum Gasteiger partial charge on any atom is 0.230 e. The molecule has 1 amide bonds. The van der Waals surface area contributed by atoms with Gasteiger partial charge in [0.15, 0.2) is 11.0 Å². The van der Waals surface area contributed by atoms with Crippen LogP contribution in [0.3, 0.4) is 0 Å². The number of nitrogens with one attached hydrogen (secondary N) is 1. The molecule has 4 aromatic rings. The molecule has 3 heterocycles. The fraction of sp³-hybridized carbons (Fsp3) is 0.208. The second-order valence-corrected chi connectivity index (χ2v) is 8.04. The van der Waals surface area contributed by atoms with Gasteiger partial charge in [0.25, 0.3) is 0 Å². The number of carbonyl (C=O) groups excluding carboxylic acids is 1. The van der Waals surface area contributed by atoms with E-state index < -0.39 is 0 Å². The van der Waals surface area contributed by atoms with Gasteiger partial charge in [0.2, 0.25) is 11.8 Å². The molecule has 8 nitrogen and oxygen atoms in total. The zero-order valence-electron chi connectivity index (χ0n) is 18.2. The molecule has 33 heavy (non-hydrogen) atoms. The third-order valence-corrected chi connectivity index (χ3v) is 5.60. The van der Waals surface area contributed by atoms with Gasteiger partial charge in [-0.15, -0.1) is 10.2 Å². The fourth-order valence-electron chi connectivity index (χ4n) is 3.12. The van der Waals surface area contributed by atoms with Crippen LogP contribution >= 0.6 is 11.8 Å². The van der Waals surface area contributed by atoms with Crippen LogP contribution in [-0.2, 0) is 11.3 Å². The first-order valence-corrected chi connectivity index (χ1v) is 11.6. The van der Waals surface area contributed by atoms with Gasteiger partial charge in [-0.05, 0) is 36.8 Å². The number of pyridine rings is 2. The summed E-state index contributed by atoms with van der Waals surface area (Å²) in [5, 5.41) is 12.3. The largest absolute Gasteiger partial charge is 0.477 e. The number of hydrogen-bond donors (Lipinski definition) is 1. The molecule has 0 saturated carbocycles. The summed E-state index contributed by atoms with van der Waals surface area (Å²) >= 11 is 1.33. The van der Waals surface area contributed by atoms with Crippen molar-refractivity contribution in [2.45, 2.75) is 25.0 Å². The lowest BCUT2D eigenvalue weighted by Gasteiger charge is -2.11. The minimum Gasteiger partial charge on any atom is -0.477 e. The highest BCUT2D eigenvalue weighted by Crippen LogP contribution is 2.27. The number of hydrogen-bond acceptors (Lipinski definition) is 7. The van der Waals surface area contributed by atoms with Crippen molar-refractivity contribution in [1.82, 2.24) is 30.0 Å². The van der Waals surface area contributed by atoms with Gasteiger partial charge in [-0.2, -0.15) is 0 Å². The minimum atomic E-state index is -0.115. The first kappa shape index (κ1) is 22.5. The molecule has 0 radical (unpaired) electrons. The van der Waals surface area contributed by atoms with Crippen molar-refractivity contribution in [3.63, 3.8) is 0 Å². The Hall–Kier alpha value is -3.72. The van der Waals surface area contributed by atoms with E-state index in [0.717, 1.165) is 23.2 Å². The molecule has 1 N–H and O–H groups in total. The lowest BCUT2D eigenvalue weighted by atomic mass is 10.2. The van der Waals surface area contributed by atoms with E-state index in [4.69, 9.17) is 4.74 Å². The second kappa shape index (κ2) is 11.2. The SMILES string of the molecule is CCCOc1ncccc1CNC(=O)CSc1nnc(-c2cccnc2)n1-c1ccccc1.